The minimum Gasteiger partial charge on any atom is -0.506 e. The van der Waals surface area contributed by atoms with E-state index in [0.717, 1.165) is 12.1 Å². The van der Waals surface area contributed by atoms with E-state index in [-0.39, 0.29) is 22.8 Å². The smallest absolute Gasteiger partial charge is 0.141 e. The maximum absolute atomic E-state index is 12.8. The Morgan fingerprint density at radius 1 is 1.57 bits per heavy atom. The Hall–Kier alpha value is -1.53. The quantitative estimate of drug-likeness (QED) is 0.817. The third-order valence-corrected chi connectivity index (χ3v) is 1.85. The Morgan fingerprint density at radius 2 is 2.29 bits per heavy atom. The van der Waals surface area contributed by atoms with Crippen molar-refractivity contribution in [3.63, 3.8) is 0 Å². The molecule has 1 aromatic carbocycles. The van der Waals surface area contributed by atoms with Crippen LogP contribution in [0.4, 0.5) is 4.39 Å². The predicted molar refractivity (Wildman–Crippen MR) is 52.3 cm³/mol. The largest absolute Gasteiger partial charge is 0.506 e. The fraction of sp³-hybridized carbons (Fsp3) is 0.100. The third kappa shape index (κ3) is 2.48. The first-order valence-electron chi connectivity index (χ1n) is 3.86. The van der Waals surface area contributed by atoms with Gasteiger partial charge in [-0.1, -0.05) is 23.8 Å². The number of rotatable bonds is 2. The number of hydrogen-bond acceptors (Lipinski definition) is 2. The predicted octanol–water partition coefficient (Wildman–Crippen LogP) is 3.11. The van der Waals surface area contributed by atoms with Gasteiger partial charge in [0.2, 0.25) is 0 Å². The summed E-state index contributed by atoms with van der Waals surface area (Å²) in [5.41, 5.74) is 0.269. The molecule has 0 aliphatic rings. The van der Waals surface area contributed by atoms with Crippen LogP contribution in [0.25, 0.3) is 6.08 Å². The van der Waals surface area contributed by atoms with Crippen molar-refractivity contribution in [1.29, 1.82) is 5.26 Å². The molecule has 0 heterocycles. The molecule has 0 fully saturated rings. The summed E-state index contributed by atoms with van der Waals surface area (Å²) < 4.78 is 12.8. The highest BCUT2D eigenvalue weighted by Crippen LogP contribution is 2.29. The first kappa shape index (κ1) is 10.6. The molecule has 14 heavy (non-hydrogen) atoms. The van der Waals surface area contributed by atoms with E-state index in [1.807, 2.05) is 6.07 Å². The van der Waals surface area contributed by atoms with Gasteiger partial charge in [-0.3, -0.25) is 0 Å². The number of benzene rings is 1. The second-order valence-corrected chi connectivity index (χ2v) is 3.00. The summed E-state index contributed by atoms with van der Waals surface area (Å²) in [4.78, 5) is 0. The van der Waals surface area contributed by atoms with Crippen molar-refractivity contribution in [3.8, 4) is 11.8 Å². The van der Waals surface area contributed by atoms with E-state index in [2.05, 4.69) is 0 Å². The second-order valence-electron chi connectivity index (χ2n) is 2.59. The maximum Gasteiger partial charge on any atom is 0.141 e. The zero-order valence-electron chi connectivity index (χ0n) is 7.17. The Labute approximate surface area is 85.9 Å². The van der Waals surface area contributed by atoms with Crippen LogP contribution in [-0.4, -0.2) is 5.11 Å². The second kappa shape index (κ2) is 4.64. The van der Waals surface area contributed by atoms with Crippen LogP contribution in [0.1, 0.15) is 12.0 Å². The highest BCUT2D eigenvalue weighted by molar-refractivity contribution is 6.32. The lowest BCUT2D eigenvalue weighted by atomic mass is 10.1. The van der Waals surface area contributed by atoms with Gasteiger partial charge < -0.3 is 5.11 Å². The van der Waals surface area contributed by atoms with Gasteiger partial charge in [-0.2, -0.15) is 5.26 Å². The molecule has 1 N–H and O–H groups in total. The van der Waals surface area contributed by atoms with Crippen LogP contribution in [0.2, 0.25) is 5.02 Å². The molecule has 0 amide bonds. The Morgan fingerprint density at radius 3 is 2.93 bits per heavy atom. The molecule has 0 aliphatic heterocycles. The lowest BCUT2D eigenvalue weighted by molar-refractivity contribution is 0.472. The average Bonchev–Trinajstić information content (AvgIpc) is 2.13. The van der Waals surface area contributed by atoms with Gasteiger partial charge in [0, 0.05) is 5.56 Å². The number of allylic oxidation sites excluding steroid dienone is 1. The van der Waals surface area contributed by atoms with Crippen LogP contribution in [-0.2, 0) is 0 Å². The summed E-state index contributed by atoms with van der Waals surface area (Å²) in [6.45, 7) is 0. The summed E-state index contributed by atoms with van der Waals surface area (Å²) in [5, 5.41) is 17.6. The van der Waals surface area contributed by atoms with E-state index in [1.54, 1.807) is 0 Å². The van der Waals surface area contributed by atoms with E-state index in [1.165, 1.54) is 12.2 Å². The fourth-order valence-electron chi connectivity index (χ4n) is 0.952. The van der Waals surface area contributed by atoms with Crippen molar-refractivity contribution in [2.45, 2.75) is 6.42 Å². The summed E-state index contributed by atoms with van der Waals surface area (Å²) in [5.74, 6) is -0.702. The number of phenols is 1. The molecule has 0 saturated carbocycles. The Kier molecular flexibility index (Phi) is 3.49. The van der Waals surface area contributed by atoms with Gasteiger partial charge in [-0.25, -0.2) is 4.39 Å². The third-order valence-electron chi connectivity index (χ3n) is 1.56. The molecule has 2 nitrogen and oxygen atoms in total. The van der Waals surface area contributed by atoms with Crippen molar-refractivity contribution >= 4 is 17.7 Å². The van der Waals surface area contributed by atoms with Crippen LogP contribution in [0.5, 0.6) is 5.75 Å². The molecule has 0 aromatic heterocycles. The van der Waals surface area contributed by atoms with Crippen LogP contribution >= 0.6 is 11.6 Å². The van der Waals surface area contributed by atoms with Gasteiger partial charge >= 0.3 is 0 Å². The molecule has 4 heteroatoms. The van der Waals surface area contributed by atoms with Gasteiger partial charge in [-0.05, 0) is 12.1 Å². The molecule has 1 aromatic rings. The number of hydrogen-bond donors (Lipinski definition) is 1. The van der Waals surface area contributed by atoms with Crippen molar-refractivity contribution in [3.05, 3.63) is 34.6 Å². The van der Waals surface area contributed by atoms with Crippen LogP contribution in [0.15, 0.2) is 18.2 Å². The topological polar surface area (TPSA) is 44.0 Å². The number of phenolic OH excluding ortho intramolecular Hbond substituents is 1. The summed E-state index contributed by atoms with van der Waals surface area (Å²) >= 11 is 5.54. The Bertz CT molecular complexity index is 409. The molecular formula is C10H7ClFNO. The maximum atomic E-state index is 12.8. The summed E-state index contributed by atoms with van der Waals surface area (Å²) in [7, 11) is 0. The average molecular weight is 212 g/mol. The van der Waals surface area contributed by atoms with E-state index in [4.69, 9.17) is 16.9 Å². The molecule has 0 spiro atoms. The molecule has 0 bridgehead atoms. The number of nitriles is 1. The van der Waals surface area contributed by atoms with E-state index in [9.17, 15) is 9.50 Å². The molecule has 0 atom stereocenters. The van der Waals surface area contributed by atoms with E-state index < -0.39 is 5.82 Å². The van der Waals surface area contributed by atoms with Gasteiger partial charge in [0.15, 0.2) is 0 Å². The molecule has 0 unspecified atom stereocenters. The van der Waals surface area contributed by atoms with Gasteiger partial charge in [0.05, 0.1) is 17.5 Å². The zero-order chi connectivity index (χ0) is 10.6. The van der Waals surface area contributed by atoms with Crippen molar-refractivity contribution in [2.75, 3.05) is 0 Å². The number of nitrogens with zero attached hydrogens (tertiary/aromatic N) is 1. The fourth-order valence-corrected chi connectivity index (χ4v) is 1.16. The minimum atomic E-state index is -0.524. The number of halogens is 2. The molecule has 0 aliphatic carbocycles. The molecule has 0 radical (unpaired) electrons. The first-order chi connectivity index (χ1) is 6.65. The van der Waals surface area contributed by atoms with Crippen molar-refractivity contribution in [1.82, 2.24) is 0 Å². The van der Waals surface area contributed by atoms with Crippen LogP contribution < -0.4 is 0 Å². The highest BCUT2D eigenvalue weighted by atomic mass is 35.5. The van der Waals surface area contributed by atoms with Gasteiger partial charge in [-0.15, -0.1) is 0 Å². The molecule has 1 rings (SSSR count). The summed E-state index contributed by atoms with van der Waals surface area (Å²) in [6, 6.07) is 4.07. The van der Waals surface area contributed by atoms with E-state index in [0.29, 0.717) is 0 Å². The van der Waals surface area contributed by atoms with E-state index >= 15 is 0 Å². The van der Waals surface area contributed by atoms with Crippen LogP contribution in [0, 0.1) is 17.1 Å². The molecule has 72 valence electrons. The van der Waals surface area contributed by atoms with Gasteiger partial charge in [0.1, 0.15) is 11.6 Å². The zero-order valence-corrected chi connectivity index (χ0v) is 7.92. The van der Waals surface area contributed by atoms with Crippen molar-refractivity contribution < 1.29 is 9.50 Å². The summed E-state index contributed by atoms with van der Waals surface area (Å²) in [6.07, 6.45) is 3.17. The first-order valence-corrected chi connectivity index (χ1v) is 4.24. The standard InChI is InChI=1S/C10H7ClFNO/c11-9-6-8(12)5-7(10(9)14)3-1-2-4-13/h1,3,5-6,14H,2H2. The minimum absolute atomic E-state index is 0.0402. The lowest BCUT2D eigenvalue weighted by Crippen LogP contribution is -1.80. The molecular weight excluding hydrogens is 205 g/mol. The van der Waals surface area contributed by atoms with Crippen LogP contribution in [0.3, 0.4) is 0 Å². The van der Waals surface area contributed by atoms with Crippen molar-refractivity contribution in [2.24, 2.45) is 0 Å². The van der Waals surface area contributed by atoms with Gasteiger partial charge in [0.25, 0.3) is 0 Å². The normalized spacial score (nSPS) is 10.4. The SMILES string of the molecule is N#CCC=Cc1cc(F)cc(Cl)c1O. The number of aromatic hydroxyl groups is 1. The Balaban J connectivity index is 3.03. The monoisotopic (exact) mass is 211 g/mol. The highest BCUT2D eigenvalue weighted by Gasteiger charge is 2.05. The molecule has 0 saturated heterocycles. The lowest BCUT2D eigenvalue weighted by Gasteiger charge is -2.01.